The minimum absolute atomic E-state index is 0.283. The maximum Gasteiger partial charge on any atom is 0.336 e. The Bertz CT molecular complexity index is 1390. The quantitative estimate of drug-likeness (QED) is 0.294. The van der Waals surface area contributed by atoms with Crippen molar-refractivity contribution in [1.29, 1.82) is 0 Å². The van der Waals surface area contributed by atoms with E-state index in [1.807, 2.05) is 18.2 Å². The molecule has 1 aliphatic carbocycles. The van der Waals surface area contributed by atoms with Crippen molar-refractivity contribution in [3.8, 4) is 22.5 Å². The van der Waals surface area contributed by atoms with Gasteiger partial charge in [0.1, 0.15) is 24.4 Å². The molecular formula is C28H31N2O3+. The van der Waals surface area contributed by atoms with Crippen LogP contribution < -0.4 is 15.2 Å². The van der Waals surface area contributed by atoms with Gasteiger partial charge in [0.25, 0.3) is 0 Å². The Morgan fingerprint density at radius 1 is 0.970 bits per heavy atom. The zero-order valence-corrected chi connectivity index (χ0v) is 20.0. The summed E-state index contributed by atoms with van der Waals surface area (Å²) >= 11 is 0. The number of benzene rings is 3. The third kappa shape index (κ3) is 3.99. The van der Waals surface area contributed by atoms with Crippen molar-refractivity contribution in [1.82, 2.24) is 4.58 Å². The fourth-order valence-corrected chi connectivity index (χ4v) is 4.65. The molecule has 0 amide bonds. The number of nitrogens with one attached hydrogen (secondary N) is 1. The van der Waals surface area contributed by atoms with E-state index in [-0.39, 0.29) is 5.56 Å². The normalized spacial score (nSPS) is 11.2. The monoisotopic (exact) mass is 443 g/mol. The number of carbonyl (C=O) groups is 1. The Labute approximate surface area is 194 Å². The minimum atomic E-state index is -0.940. The van der Waals surface area contributed by atoms with Crippen LogP contribution in [0.25, 0.3) is 33.4 Å². The molecule has 0 fully saturated rings. The number of anilines is 1. The maximum atomic E-state index is 12.1. The van der Waals surface area contributed by atoms with Crippen LogP contribution in [0.4, 0.5) is 5.69 Å². The highest BCUT2D eigenvalue weighted by Crippen LogP contribution is 2.42. The van der Waals surface area contributed by atoms with Crippen molar-refractivity contribution in [2.24, 2.45) is 0 Å². The number of hydrogen-bond donors (Lipinski definition) is 2. The summed E-state index contributed by atoms with van der Waals surface area (Å²) in [6.07, 6.45) is 0. The lowest BCUT2D eigenvalue weighted by Gasteiger charge is -2.19. The molecule has 0 saturated carbocycles. The third-order valence-corrected chi connectivity index (χ3v) is 6.28. The van der Waals surface area contributed by atoms with Crippen molar-refractivity contribution in [2.45, 2.75) is 34.6 Å². The van der Waals surface area contributed by atoms with Gasteiger partial charge in [0, 0.05) is 40.4 Å². The summed E-state index contributed by atoms with van der Waals surface area (Å²) in [5.74, 6) is -0.193. The Morgan fingerprint density at radius 3 is 2.36 bits per heavy atom. The summed E-state index contributed by atoms with van der Waals surface area (Å²) in [6.45, 7) is 13.1. The second-order valence-corrected chi connectivity index (χ2v) is 8.33. The molecule has 5 nitrogen and oxygen atoms in total. The molecule has 0 atom stereocenters. The Morgan fingerprint density at radius 2 is 1.70 bits per heavy atom. The van der Waals surface area contributed by atoms with Crippen molar-refractivity contribution in [3.63, 3.8) is 0 Å². The van der Waals surface area contributed by atoms with Gasteiger partial charge in [0.15, 0.2) is 0 Å². The number of rotatable bonds is 6. The molecule has 2 aromatic rings. The molecule has 1 heterocycles. The standard InChI is InChI=1S/C28H30N2O3/c1-6-29-23-15-25-21(13-17(23)4)27(19-11-9-10-12-20(19)28(31)32)22-14-18(5)24(16-26(22)33-25)30(7-2)8-3/h9-16H,6-8H2,1-5H3,(H,31,32)/p+1. The summed E-state index contributed by atoms with van der Waals surface area (Å²) < 4.78 is 8.78. The first-order chi connectivity index (χ1) is 15.9. The van der Waals surface area contributed by atoms with E-state index >= 15 is 0 Å². The second kappa shape index (κ2) is 9.10. The molecule has 1 aliphatic heterocycles. The van der Waals surface area contributed by atoms with Crippen molar-refractivity contribution in [2.75, 3.05) is 25.0 Å². The number of carboxylic acid groups (broad SMARTS) is 1. The van der Waals surface area contributed by atoms with Crippen LogP contribution in [0.1, 0.15) is 42.3 Å². The van der Waals surface area contributed by atoms with Crippen LogP contribution >= 0.6 is 0 Å². The molecule has 33 heavy (non-hydrogen) atoms. The molecule has 0 saturated heterocycles. The minimum Gasteiger partial charge on any atom is -0.478 e. The van der Waals surface area contributed by atoms with Crippen LogP contribution in [0.5, 0.6) is 0 Å². The largest absolute Gasteiger partial charge is 0.478 e. The third-order valence-electron chi connectivity index (χ3n) is 6.28. The van der Waals surface area contributed by atoms with Gasteiger partial charge >= 0.3 is 5.97 Å². The van der Waals surface area contributed by atoms with Gasteiger partial charge in [-0.15, -0.1) is 0 Å². The SMILES string of the molecule is CCNc1cc2oc3cc(=[N+](CC)CC)c(C)cc-3c(-c3ccccc3C(=O)O)c2cc1C. The van der Waals surface area contributed by atoms with Gasteiger partial charge in [-0.1, -0.05) is 18.2 Å². The molecule has 0 bridgehead atoms. The molecule has 2 N–H and O–H groups in total. The highest BCUT2D eigenvalue weighted by atomic mass is 16.4. The molecular weight excluding hydrogens is 412 g/mol. The van der Waals surface area contributed by atoms with Gasteiger partial charge in [-0.2, -0.15) is 0 Å². The number of aryl methyl sites for hydroxylation is 2. The summed E-state index contributed by atoms with van der Waals surface area (Å²) in [5, 5.41) is 15.4. The first-order valence-electron chi connectivity index (χ1n) is 11.6. The van der Waals surface area contributed by atoms with Crippen molar-refractivity contribution >= 4 is 22.6 Å². The van der Waals surface area contributed by atoms with Crippen molar-refractivity contribution in [3.05, 3.63) is 70.6 Å². The summed E-state index contributed by atoms with van der Waals surface area (Å²) in [6, 6.07) is 15.6. The van der Waals surface area contributed by atoms with E-state index in [0.717, 1.165) is 69.7 Å². The Kier molecular flexibility index (Phi) is 6.23. The van der Waals surface area contributed by atoms with Crippen LogP contribution in [0, 0.1) is 13.8 Å². The van der Waals surface area contributed by atoms with Crippen molar-refractivity contribution < 1.29 is 14.3 Å². The van der Waals surface area contributed by atoms with E-state index in [1.165, 1.54) is 0 Å². The highest BCUT2D eigenvalue weighted by molar-refractivity contribution is 6.08. The second-order valence-electron chi connectivity index (χ2n) is 8.33. The van der Waals surface area contributed by atoms with Gasteiger partial charge in [-0.25, -0.2) is 9.37 Å². The molecule has 4 rings (SSSR count). The average molecular weight is 444 g/mol. The molecule has 0 spiro atoms. The summed E-state index contributed by atoms with van der Waals surface area (Å²) in [5.41, 5.74) is 6.76. The van der Waals surface area contributed by atoms with Crippen LogP contribution in [-0.2, 0) is 0 Å². The van der Waals surface area contributed by atoms with E-state index in [4.69, 9.17) is 4.42 Å². The fourth-order valence-electron chi connectivity index (χ4n) is 4.65. The average Bonchev–Trinajstić information content (AvgIpc) is 2.80. The molecule has 2 aliphatic rings. The van der Waals surface area contributed by atoms with Gasteiger partial charge in [-0.3, -0.25) is 0 Å². The van der Waals surface area contributed by atoms with Gasteiger partial charge in [0.2, 0.25) is 5.36 Å². The lowest BCUT2D eigenvalue weighted by molar-refractivity contribution is 0.0697. The topological polar surface area (TPSA) is 65.5 Å². The lowest BCUT2D eigenvalue weighted by atomic mass is 9.89. The smallest absolute Gasteiger partial charge is 0.336 e. The fraction of sp³-hybridized carbons (Fsp3) is 0.286. The van der Waals surface area contributed by atoms with Crippen LogP contribution in [0.15, 0.2) is 52.9 Å². The Hall–Kier alpha value is -3.60. The number of aromatic carboxylic acids is 1. The number of fused-ring (bicyclic) bond motifs is 2. The molecule has 0 radical (unpaired) electrons. The van der Waals surface area contributed by atoms with Crippen LogP contribution in [-0.4, -0.2) is 30.7 Å². The summed E-state index contributed by atoms with van der Waals surface area (Å²) in [7, 11) is 0. The molecule has 0 aromatic heterocycles. The lowest BCUT2D eigenvalue weighted by Crippen LogP contribution is -2.31. The van der Waals surface area contributed by atoms with Crippen LogP contribution in [0.2, 0.25) is 0 Å². The zero-order chi connectivity index (χ0) is 23.7. The zero-order valence-electron chi connectivity index (χ0n) is 20.0. The van der Waals surface area contributed by atoms with E-state index in [9.17, 15) is 9.90 Å². The van der Waals surface area contributed by atoms with E-state index in [1.54, 1.807) is 12.1 Å². The van der Waals surface area contributed by atoms with E-state index in [2.05, 4.69) is 62.7 Å². The van der Waals surface area contributed by atoms with Gasteiger partial charge in [-0.05, 0) is 63.9 Å². The molecule has 170 valence electrons. The first-order valence-corrected chi connectivity index (χ1v) is 11.6. The predicted molar refractivity (Wildman–Crippen MR) is 135 cm³/mol. The van der Waals surface area contributed by atoms with Gasteiger partial charge < -0.3 is 14.8 Å². The number of hydrogen-bond acceptors (Lipinski definition) is 3. The highest BCUT2D eigenvalue weighted by Gasteiger charge is 2.23. The predicted octanol–water partition coefficient (Wildman–Crippen LogP) is 5.76. The number of carboxylic acids is 1. The first kappa shape index (κ1) is 22.6. The Balaban J connectivity index is 2.22. The van der Waals surface area contributed by atoms with Crippen LogP contribution in [0.3, 0.4) is 0 Å². The van der Waals surface area contributed by atoms with Gasteiger partial charge in [0.05, 0.1) is 11.6 Å². The molecule has 0 unspecified atom stereocenters. The maximum absolute atomic E-state index is 12.1. The number of nitrogens with zero attached hydrogens (tertiary/aromatic N) is 1. The summed E-state index contributed by atoms with van der Waals surface area (Å²) in [4.78, 5) is 12.1. The van der Waals surface area contributed by atoms with E-state index < -0.39 is 5.97 Å². The molecule has 2 aromatic carbocycles. The van der Waals surface area contributed by atoms with E-state index in [0.29, 0.717) is 5.56 Å². The molecule has 5 heteroatoms.